The van der Waals surface area contributed by atoms with Crippen LogP contribution in [-0.4, -0.2) is 12.6 Å². The Morgan fingerprint density at radius 2 is 1.76 bits per heavy atom. The molecule has 1 aliphatic rings. The molecule has 1 nitrogen and oxygen atoms in total. The van der Waals surface area contributed by atoms with Crippen LogP contribution in [0.3, 0.4) is 0 Å². The first-order valence-corrected chi connectivity index (χ1v) is 7.83. The van der Waals surface area contributed by atoms with Crippen molar-refractivity contribution in [3.8, 4) is 0 Å². The van der Waals surface area contributed by atoms with Crippen LogP contribution in [0.5, 0.6) is 0 Å². The van der Waals surface area contributed by atoms with Crippen molar-refractivity contribution in [2.24, 2.45) is 0 Å². The second-order valence-corrected chi connectivity index (χ2v) is 6.09. The molecule has 3 rings (SSSR count). The van der Waals surface area contributed by atoms with Gasteiger partial charge in [0, 0.05) is 11.1 Å². The van der Waals surface area contributed by atoms with Crippen molar-refractivity contribution in [2.45, 2.75) is 31.2 Å². The smallest absolute Gasteiger partial charge is 0.126 e. The second-order valence-electron chi connectivity index (χ2n) is 5.68. The topological polar surface area (TPSA) is 12.0 Å². The summed E-state index contributed by atoms with van der Waals surface area (Å²) >= 11 is 6.22. The Morgan fingerprint density at radius 3 is 2.52 bits per heavy atom. The Balaban J connectivity index is 1.44. The molecule has 3 heteroatoms. The fourth-order valence-corrected chi connectivity index (χ4v) is 3.25. The van der Waals surface area contributed by atoms with Gasteiger partial charge in [0.25, 0.3) is 0 Å². The third-order valence-electron chi connectivity index (χ3n) is 4.27. The first kappa shape index (κ1) is 14.6. The molecule has 1 saturated carbocycles. The minimum Gasteiger partial charge on any atom is -0.314 e. The molecule has 110 valence electrons. The van der Waals surface area contributed by atoms with Gasteiger partial charge < -0.3 is 5.32 Å². The molecule has 0 radical (unpaired) electrons. The molecule has 0 saturated heterocycles. The van der Waals surface area contributed by atoms with Gasteiger partial charge in [-0.05, 0) is 55.0 Å². The van der Waals surface area contributed by atoms with Crippen molar-refractivity contribution < 1.29 is 4.39 Å². The van der Waals surface area contributed by atoms with E-state index in [9.17, 15) is 4.39 Å². The lowest BCUT2D eigenvalue weighted by Crippen LogP contribution is -2.41. The zero-order valence-corrected chi connectivity index (χ0v) is 12.6. The molecule has 1 aliphatic carbocycles. The summed E-state index contributed by atoms with van der Waals surface area (Å²) in [5.41, 5.74) is 2.04. The first-order valence-electron chi connectivity index (χ1n) is 7.45. The molecule has 0 bridgehead atoms. The summed E-state index contributed by atoms with van der Waals surface area (Å²) in [6.07, 6.45) is 2.96. The summed E-state index contributed by atoms with van der Waals surface area (Å²) in [6.45, 7) is 0.820. The summed E-state index contributed by atoms with van der Waals surface area (Å²) in [5.74, 6) is 0.450. The highest BCUT2D eigenvalue weighted by molar-refractivity contribution is 6.31. The summed E-state index contributed by atoms with van der Waals surface area (Å²) in [4.78, 5) is 0. The van der Waals surface area contributed by atoms with Gasteiger partial charge in [-0.1, -0.05) is 48.0 Å². The maximum atomic E-state index is 13.5. The molecule has 0 unspecified atom stereocenters. The van der Waals surface area contributed by atoms with Crippen LogP contribution >= 0.6 is 11.6 Å². The molecule has 0 aromatic heterocycles. The summed E-state index contributed by atoms with van der Waals surface area (Å²) < 4.78 is 13.5. The maximum absolute atomic E-state index is 13.5. The normalized spacial score (nSPS) is 21.0. The van der Waals surface area contributed by atoms with Gasteiger partial charge in [-0.25, -0.2) is 4.39 Å². The van der Waals surface area contributed by atoms with E-state index in [1.54, 1.807) is 6.07 Å². The van der Waals surface area contributed by atoms with Crippen LogP contribution in [0.4, 0.5) is 4.39 Å². The molecule has 1 fully saturated rings. The molecule has 21 heavy (non-hydrogen) atoms. The van der Waals surface area contributed by atoms with E-state index in [4.69, 9.17) is 11.6 Å². The van der Waals surface area contributed by atoms with Gasteiger partial charge in [0.05, 0.1) is 0 Å². The van der Waals surface area contributed by atoms with Crippen molar-refractivity contribution >= 4 is 11.6 Å². The molecule has 1 N–H and O–H groups in total. The van der Waals surface area contributed by atoms with E-state index in [2.05, 4.69) is 11.4 Å². The minimum atomic E-state index is -0.109. The summed E-state index contributed by atoms with van der Waals surface area (Å²) in [7, 11) is 0. The van der Waals surface area contributed by atoms with E-state index in [1.165, 1.54) is 11.6 Å². The van der Waals surface area contributed by atoms with Crippen molar-refractivity contribution in [3.63, 3.8) is 0 Å². The second kappa shape index (κ2) is 6.59. The van der Waals surface area contributed by atoms with Crippen LogP contribution in [-0.2, 0) is 6.42 Å². The average molecular weight is 304 g/mol. The highest BCUT2D eigenvalue weighted by Gasteiger charge is 2.30. The van der Waals surface area contributed by atoms with E-state index in [-0.39, 0.29) is 5.82 Å². The van der Waals surface area contributed by atoms with Gasteiger partial charge in [0.2, 0.25) is 0 Å². The number of hydrogen-bond acceptors (Lipinski definition) is 1. The number of nitrogens with one attached hydrogen (secondary N) is 1. The molecule has 0 spiro atoms. The van der Waals surface area contributed by atoms with E-state index >= 15 is 0 Å². The molecule has 0 atom stereocenters. The van der Waals surface area contributed by atoms with Crippen LogP contribution in [0, 0.1) is 5.82 Å². The Hall–Kier alpha value is -1.38. The van der Waals surface area contributed by atoms with Crippen molar-refractivity contribution in [1.29, 1.82) is 0 Å². The molecule has 0 heterocycles. The maximum Gasteiger partial charge on any atom is 0.126 e. The highest BCUT2D eigenvalue weighted by atomic mass is 35.5. The van der Waals surface area contributed by atoms with Crippen molar-refractivity contribution in [2.75, 3.05) is 6.54 Å². The summed E-state index contributed by atoms with van der Waals surface area (Å²) in [5, 5.41) is 4.37. The SMILES string of the molecule is Fc1ccccc1CCNC1CC(c2ccccc2Cl)C1. The number of halogens is 2. The Bertz CT molecular complexity index is 608. The molecule has 2 aromatic rings. The summed E-state index contributed by atoms with van der Waals surface area (Å²) in [6, 6.07) is 15.6. The minimum absolute atomic E-state index is 0.109. The zero-order chi connectivity index (χ0) is 14.7. The fourth-order valence-electron chi connectivity index (χ4n) is 2.96. The zero-order valence-electron chi connectivity index (χ0n) is 11.9. The van der Waals surface area contributed by atoms with E-state index in [0.29, 0.717) is 12.0 Å². The van der Waals surface area contributed by atoms with Crippen LogP contribution in [0.1, 0.15) is 29.9 Å². The van der Waals surface area contributed by atoms with Gasteiger partial charge in [0.15, 0.2) is 0 Å². The van der Waals surface area contributed by atoms with Crippen LogP contribution in [0.25, 0.3) is 0 Å². The van der Waals surface area contributed by atoms with Gasteiger partial charge in [-0.2, -0.15) is 0 Å². The van der Waals surface area contributed by atoms with Crippen LogP contribution < -0.4 is 5.32 Å². The van der Waals surface area contributed by atoms with Gasteiger partial charge >= 0.3 is 0 Å². The van der Waals surface area contributed by atoms with Crippen molar-refractivity contribution in [1.82, 2.24) is 5.32 Å². The Labute approximate surface area is 130 Å². The molecule has 0 aliphatic heterocycles. The lowest BCUT2D eigenvalue weighted by Gasteiger charge is -2.37. The standard InChI is InChI=1S/C18H19ClFN/c19-17-7-3-2-6-16(17)14-11-15(12-14)21-10-9-13-5-1-4-8-18(13)20/h1-8,14-15,21H,9-12H2. The average Bonchev–Trinajstić information content (AvgIpc) is 2.44. The highest BCUT2D eigenvalue weighted by Crippen LogP contribution is 2.39. The van der Waals surface area contributed by atoms with Crippen LogP contribution in [0.2, 0.25) is 5.02 Å². The van der Waals surface area contributed by atoms with E-state index in [1.807, 2.05) is 30.3 Å². The lowest BCUT2D eigenvalue weighted by atomic mass is 9.76. The van der Waals surface area contributed by atoms with Gasteiger partial charge in [-0.3, -0.25) is 0 Å². The first-order chi connectivity index (χ1) is 10.2. The number of rotatable bonds is 5. The predicted octanol–water partition coefficient (Wildman–Crippen LogP) is 4.56. The van der Waals surface area contributed by atoms with Crippen molar-refractivity contribution in [3.05, 3.63) is 70.5 Å². The Morgan fingerprint density at radius 1 is 1.05 bits per heavy atom. The third-order valence-corrected chi connectivity index (χ3v) is 4.61. The monoisotopic (exact) mass is 303 g/mol. The van der Waals surface area contributed by atoms with E-state index in [0.717, 1.165) is 36.4 Å². The van der Waals surface area contributed by atoms with Crippen LogP contribution in [0.15, 0.2) is 48.5 Å². The molecule has 0 amide bonds. The van der Waals surface area contributed by atoms with Gasteiger partial charge in [-0.15, -0.1) is 0 Å². The molecular weight excluding hydrogens is 285 g/mol. The largest absolute Gasteiger partial charge is 0.314 e. The number of benzene rings is 2. The molecule has 2 aromatic carbocycles. The number of hydrogen-bond donors (Lipinski definition) is 1. The quantitative estimate of drug-likeness (QED) is 0.854. The predicted molar refractivity (Wildman–Crippen MR) is 85.3 cm³/mol. The molecular formula is C18H19ClFN. The van der Waals surface area contributed by atoms with Gasteiger partial charge in [0.1, 0.15) is 5.82 Å². The third kappa shape index (κ3) is 3.45. The fraction of sp³-hybridized carbons (Fsp3) is 0.333. The Kier molecular flexibility index (Phi) is 4.57. The van der Waals surface area contributed by atoms with E-state index < -0.39 is 0 Å². The lowest BCUT2D eigenvalue weighted by molar-refractivity contribution is 0.292.